The maximum atomic E-state index is 10.5. The Bertz CT molecular complexity index is 286. The van der Waals surface area contributed by atoms with Crippen LogP contribution in [0.15, 0.2) is 4.99 Å². The van der Waals surface area contributed by atoms with E-state index < -0.39 is 20.3 Å². The summed E-state index contributed by atoms with van der Waals surface area (Å²) < 4.78 is 0. The Hall–Kier alpha value is 2.83. The number of nitrogens with zero attached hydrogens (tertiary/aromatic N) is 1. The van der Waals surface area contributed by atoms with Crippen LogP contribution < -0.4 is 18.6 Å². The first-order valence-electron chi connectivity index (χ1n) is 5.34. The fourth-order valence-electron chi connectivity index (χ4n) is 0.306. The van der Waals surface area contributed by atoms with Crippen LogP contribution in [0.3, 0.4) is 0 Å². The third-order valence-corrected chi connectivity index (χ3v) is 1.04. The monoisotopic (exact) mass is 785 g/mol. The van der Waals surface area contributed by atoms with Crippen LogP contribution in [0.1, 0.15) is 27.7 Å². The van der Waals surface area contributed by atoms with E-state index >= 15 is 0 Å². The minimum atomic E-state index is -1.92. The first-order chi connectivity index (χ1) is 10.3. The van der Waals surface area contributed by atoms with E-state index in [0.717, 1.165) is 0 Å². The third-order valence-electron chi connectivity index (χ3n) is 0.867. The zero-order valence-electron chi connectivity index (χ0n) is 13.4. The molecule has 5 nitrogen and oxygen atoms in total. The summed E-state index contributed by atoms with van der Waals surface area (Å²) in [6.45, 7) is 5.93. The Morgan fingerprint density at radius 1 is 1.26 bits per heavy atom. The maximum absolute atomic E-state index is 10.5. The molecule has 23 heavy (non-hydrogen) atoms. The van der Waals surface area contributed by atoms with Crippen LogP contribution in [-0.2, 0) is 24.3 Å². The molecule has 0 aliphatic rings. The molecule has 0 aliphatic heterocycles. The summed E-state index contributed by atoms with van der Waals surface area (Å²) in [7, 11) is 18.0. The van der Waals surface area contributed by atoms with Gasteiger partial charge in [-0.1, -0.05) is 0 Å². The molecule has 0 aliphatic carbocycles. The second-order valence-corrected chi connectivity index (χ2v) is 27.8. The van der Waals surface area contributed by atoms with E-state index in [2.05, 4.69) is 47.5 Å². The molecule has 0 bridgehead atoms. The molecule has 0 fully saturated rings. The first-order valence-corrected chi connectivity index (χ1v) is 24.7. The van der Waals surface area contributed by atoms with E-state index in [1.807, 2.05) is 5.67 Å². The Morgan fingerprint density at radius 3 is 1.43 bits per heavy atom. The second-order valence-electron chi connectivity index (χ2n) is 3.62. The average molecular weight is 787 g/mol. The van der Waals surface area contributed by atoms with Gasteiger partial charge in [-0.3, -0.25) is 4.79 Å². The summed E-state index contributed by atoms with van der Waals surface area (Å²) in [6.07, 6.45) is 0. The summed E-state index contributed by atoms with van der Waals surface area (Å²) in [5, 5.41) is 11.2. The van der Waals surface area contributed by atoms with Crippen LogP contribution in [-0.4, -0.2) is 42.2 Å². The van der Waals surface area contributed by atoms with E-state index in [1.165, 1.54) is 34.7 Å². The van der Waals surface area contributed by atoms with Gasteiger partial charge >= 0.3 is 93.1 Å². The predicted molar refractivity (Wildman–Crippen MR) is 112 cm³/mol. The van der Waals surface area contributed by atoms with Crippen molar-refractivity contribution in [2.24, 2.45) is 4.99 Å². The van der Waals surface area contributed by atoms with Gasteiger partial charge in [0.05, 0.1) is 0 Å². The summed E-state index contributed by atoms with van der Waals surface area (Å²) in [6, 6.07) is 0. The Kier molecular flexibility index (Phi) is 47.2. The molecule has 0 saturated heterocycles. The number of carbonyl (C=O) groups excluding carboxylic acids is 2. The van der Waals surface area contributed by atoms with Gasteiger partial charge in [0.25, 0.3) is 5.91 Å². The van der Waals surface area contributed by atoms with Gasteiger partial charge in [0, 0.05) is 7.05 Å². The van der Waals surface area contributed by atoms with Crippen molar-refractivity contribution >= 4 is 94.1 Å². The van der Waals surface area contributed by atoms with Crippen molar-refractivity contribution < 1.29 is 42.6 Å². The molecule has 142 valence electrons. The van der Waals surface area contributed by atoms with Crippen LogP contribution in [0.2, 0.25) is 0 Å². The Labute approximate surface area is 191 Å². The number of aliphatic imine (C=N–C) groups is 1. The third kappa shape index (κ3) is 92.5. The number of nitrogens with one attached hydrogen (secondary N) is 1. The fraction of sp³-hybridized carbons (Fsp3) is 0.700. The molecule has 0 saturated carbocycles. The number of hydrogen-bond donors (Lipinski definition) is 2. The van der Waals surface area contributed by atoms with Crippen molar-refractivity contribution in [3.8, 4) is 0 Å². The van der Waals surface area contributed by atoms with Gasteiger partial charge in [-0.2, -0.15) is 0 Å². The molecular weight excluding hydrogens is 767 g/mol. The van der Waals surface area contributed by atoms with Crippen LogP contribution in [0.25, 0.3) is 0 Å². The SMILES string of the molecule is CC(C)=O.CN=[C-]Cl.CNC(=O)C(C)(C)O.I[I-]I.[Cl][Ti+]([Cl])[Cl]. The van der Waals surface area contributed by atoms with Crippen LogP contribution in [0, 0.1) is 0 Å². The second kappa shape index (κ2) is 29.6. The standard InChI is InChI=1S/C5H11NO2.C3H6O.C2H3ClN.3ClH.I3.Ti/c1-5(2,8)4(7)6-3;1-3(2)4;1-4-2-3;;;;1-3-2;/h8H,1-3H3,(H,6,7);1-2H3;1H3;3*1H;;/q;;-1;;;;-1;+4/p-3. The number of carbonyl (C=O) groups is 2. The van der Waals surface area contributed by atoms with Crippen molar-refractivity contribution in [2.45, 2.75) is 33.3 Å². The minimum absolute atomic E-state index is 0.167. The topological polar surface area (TPSA) is 78.8 Å². The molecule has 0 aromatic rings. The molecule has 0 atom stereocenters. The van der Waals surface area contributed by atoms with Gasteiger partial charge < -0.3 is 37.5 Å². The van der Waals surface area contributed by atoms with Gasteiger partial charge in [0.1, 0.15) is 11.4 Å². The first kappa shape index (κ1) is 36.7. The summed E-state index contributed by atoms with van der Waals surface area (Å²) in [5.74, 6) is -0.197. The zero-order chi connectivity index (χ0) is 20.1. The molecular formula is C10H20Cl4I3N2O3Ti-. The number of halogens is 7. The van der Waals surface area contributed by atoms with Gasteiger partial charge in [-0.25, -0.2) is 0 Å². The number of hydrogen-bond acceptors (Lipinski definition) is 4. The fourth-order valence-corrected chi connectivity index (χ4v) is 0.306. The molecule has 0 rings (SSSR count). The van der Waals surface area contributed by atoms with E-state index in [9.17, 15) is 9.59 Å². The molecule has 13 heteroatoms. The van der Waals surface area contributed by atoms with Gasteiger partial charge in [-0.15, -0.1) is 0 Å². The van der Waals surface area contributed by atoms with Crippen molar-refractivity contribution in [1.82, 2.24) is 5.32 Å². The summed E-state index contributed by atoms with van der Waals surface area (Å²) in [5.41, 5.74) is 0.786. The predicted octanol–water partition coefficient (Wildman–Crippen LogP) is 1.70. The number of ketones is 1. The number of likely N-dealkylation sites (N-methyl/N-ethyl adjacent to an activating group) is 1. The van der Waals surface area contributed by atoms with Crippen molar-refractivity contribution in [3.63, 3.8) is 0 Å². The summed E-state index contributed by atoms with van der Waals surface area (Å²) in [4.78, 5) is 23.2. The number of rotatable bonds is 1. The quantitative estimate of drug-likeness (QED) is 0.184. The molecule has 0 spiro atoms. The van der Waals surface area contributed by atoms with Crippen LogP contribution >= 0.6 is 76.7 Å². The van der Waals surface area contributed by atoms with Crippen LogP contribution in [0.4, 0.5) is 0 Å². The number of Topliss-reactive ketones (excluding diaryl/α,β-unsaturated/α-hetero) is 1. The van der Waals surface area contributed by atoms with Gasteiger partial charge in [0.15, 0.2) is 0 Å². The van der Waals surface area contributed by atoms with E-state index in [1.54, 1.807) is 7.05 Å². The van der Waals surface area contributed by atoms with Crippen molar-refractivity contribution in [2.75, 3.05) is 14.1 Å². The number of aliphatic hydroxyl groups is 1. The number of amides is 1. The molecule has 1 amide bonds. The molecule has 0 heterocycles. The normalized spacial score (nSPS) is 8.74. The molecule has 0 radical (unpaired) electrons. The molecule has 2 N–H and O–H groups in total. The van der Waals surface area contributed by atoms with Crippen molar-refractivity contribution in [3.05, 3.63) is 0 Å². The molecule has 0 aromatic carbocycles. The molecule has 0 unspecified atom stereocenters. The van der Waals surface area contributed by atoms with Gasteiger partial charge in [0.2, 0.25) is 0 Å². The van der Waals surface area contributed by atoms with E-state index in [-0.39, 0.29) is 11.7 Å². The van der Waals surface area contributed by atoms with Crippen molar-refractivity contribution in [1.29, 1.82) is 0 Å². The molecule has 0 aromatic heterocycles. The Balaban J connectivity index is -0.0000000624. The zero-order valence-corrected chi connectivity index (χ0v) is 24.4. The van der Waals surface area contributed by atoms with E-state index in [0.29, 0.717) is 13.3 Å². The van der Waals surface area contributed by atoms with E-state index in [4.69, 9.17) is 44.6 Å². The Morgan fingerprint density at radius 2 is 1.43 bits per heavy atom. The van der Waals surface area contributed by atoms with Gasteiger partial charge in [-0.05, 0) is 34.7 Å². The average Bonchev–Trinajstić information content (AvgIpc) is 2.36. The van der Waals surface area contributed by atoms with Crippen LogP contribution in [0.5, 0.6) is 0 Å². The summed E-state index contributed by atoms with van der Waals surface area (Å²) >= 11 is 8.15.